The lowest BCUT2D eigenvalue weighted by Gasteiger charge is -2.16. The fourth-order valence-electron chi connectivity index (χ4n) is 3.64. The first-order valence-corrected chi connectivity index (χ1v) is 10.4. The van der Waals surface area contributed by atoms with Crippen molar-refractivity contribution in [2.24, 2.45) is 0 Å². The van der Waals surface area contributed by atoms with E-state index >= 15 is 0 Å². The fraction of sp³-hybridized carbons (Fsp3) is 0.185. The zero-order chi connectivity index (χ0) is 20.9. The summed E-state index contributed by atoms with van der Waals surface area (Å²) in [6.45, 7) is 4.12. The number of rotatable bonds is 6. The van der Waals surface area contributed by atoms with Crippen LogP contribution in [0, 0.1) is 6.92 Å². The highest BCUT2D eigenvalue weighted by Crippen LogP contribution is 2.25. The van der Waals surface area contributed by atoms with Crippen LogP contribution in [0.5, 0.6) is 0 Å². The van der Waals surface area contributed by atoms with Crippen LogP contribution >= 0.6 is 0 Å². The minimum Gasteiger partial charge on any atom is -0.350 e. The second-order valence-electron chi connectivity index (χ2n) is 7.84. The van der Waals surface area contributed by atoms with E-state index in [1.165, 1.54) is 11.1 Å². The van der Waals surface area contributed by atoms with E-state index in [9.17, 15) is 4.79 Å². The van der Waals surface area contributed by atoms with Gasteiger partial charge in [-0.15, -0.1) is 0 Å². The van der Waals surface area contributed by atoms with Crippen LogP contribution in [0.4, 0.5) is 0 Å². The Hall–Kier alpha value is -3.46. The van der Waals surface area contributed by atoms with E-state index < -0.39 is 0 Å². The first-order valence-electron chi connectivity index (χ1n) is 10.4. The Kier molecular flexibility index (Phi) is 5.89. The van der Waals surface area contributed by atoms with E-state index in [-0.39, 0.29) is 11.9 Å². The average molecular weight is 395 g/mol. The molecule has 0 aliphatic rings. The van der Waals surface area contributed by atoms with Crippen LogP contribution in [0.25, 0.3) is 22.2 Å². The second-order valence-corrected chi connectivity index (χ2v) is 7.84. The Balaban J connectivity index is 1.58. The molecule has 0 radical (unpaired) electrons. The van der Waals surface area contributed by atoms with E-state index in [0.717, 1.165) is 35.0 Å². The number of benzene rings is 3. The molecular formula is C27H26N2O. The van der Waals surface area contributed by atoms with Crippen molar-refractivity contribution >= 4 is 16.8 Å². The number of aryl methyl sites for hydroxylation is 2. The van der Waals surface area contributed by atoms with Gasteiger partial charge in [0.05, 0.1) is 16.8 Å². The number of hydrogen-bond donors (Lipinski definition) is 1. The molecule has 1 unspecified atom stereocenters. The lowest BCUT2D eigenvalue weighted by atomic mass is 10.0. The average Bonchev–Trinajstić information content (AvgIpc) is 2.78. The van der Waals surface area contributed by atoms with Crippen molar-refractivity contribution in [3.8, 4) is 11.3 Å². The Morgan fingerprint density at radius 3 is 2.40 bits per heavy atom. The third-order valence-corrected chi connectivity index (χ3v) is 5.39. The summed E-state index contributed by atoms with van der Waals surface area (Å²) in [6.07, 6.45) is 1.83. The molecule has 1 amide bonds. The Labute approximate surface area is 177 Å². The molecule has 0 saturated carbocycles. The first kappa shape index (κ1) is 19.8. The molecule has 1 atom stereocenters. The molecule has 0 saturated heterocycles. The molecule has 1 aromatic heterocycles. The minimum atomic E-state index is -0.0532. The molecule has 150 valence electrons. The van der Waals surface area contributed by atoms with Gasteiger partial charge in [0.15, 0.2) is 0 Å². The number of amides is 1. The van der Waals surface area contributed by atoms with Crippen LogP contribution in [-0.4, -0.2) is 16.9 Å². The topological polar surface area (TPSA) is 42.0 Å². The number of para-hydroxylation sites is 1. The number of aromatic nitrogens is 1. The molecule has 0 spiro atoms. The molecule has 0 bridgehead atoms. The minimum absolute atomic E-state index is 0.0532. The van der Waals surface area contributed by atoms with Crippen molar-refractivity contribution in [3.63, 3.8) is 0 Å². The van der Waals surface area contributed by atoms with Gasteiger partial charge in [-0.2, -0.15) is 0 Å². The van der Waals surface area contributed by atoms with Gasteiger partial charge in [0.2, 0.25) is 0 Å². The summed E-state index contributed by atoms with van der Waals surface area (Å²) in [4.78, 5) is 18.0. The predicted molar refractivity (Wildman–Crippen MR) is 124 cm³/mol. The number of nitrogens with one attached hydrogen (secondary N) is 1. The molecule has 0 aliphatic carbocycles. The van der Waals surface area contributed by atoms with E-state index in [4.69, 9.17) is 4.98 Å². The Morgan fingerprint density at radius 2 is 1.63 bits per heavy atom. The van der Waals surface area contributed by atoms with Gasteiger partial charge in [0, 0.05) is 17.0 Å². The van der Waals surface area contributed by atoms with Crippen LogP contribution in [0.15, 0.2) is 84.9 Å². The Bertz CT molecular complexity index is 1150. The molecule has 3 heteroatoms. The van der Waals surface area contributed by atoms with Gasteiger partial charge >= 0.3 is 0 Å². The van der Waals surface area contributed by atoms with E-state index in [1.807, 2.05) is 48.5 Å². The van der Waals surface area contributed by atoms with Gasteiger partial charge in [-0.25, -0.2) is 4.98 Å². The molecular weight excluding hydrogens is 368 g/mol. The highest BCUT2D eigenvalue weighted by atomic mass is 16.1. The van der Waals surface area contributed by atoms with Gasteiger partial charge in [-0.1, -0.05) is 78.4 Å². The lowest BCUT2D eigenvalue weighted by Crippen LogP contribution is -2.33. The quantitative estimate of drug-likeness (QED) is 0.438. The molecule has 30 heavy (non-hydrogen) atoms. The van der Waals surface area contributed by atoms with Crippen molar-refractivity contribution in [1.82, 2.24) is 10.3 Å². The number of carbonyl (C=O) groups is 1. The zero-order valence-corrected chi connectivity index (χ0v) is 17.4. The molecule has 3 nitrogen and oxygen atoms in total. The smallest absolute Gasteiger partial charge is 0.252 e. The van der Waals surface area contributed by atoms with Crippen molar-refractivity contribution < 1.29 is 4.79 Å². The van der Waals surface area contributed by atoms with Crippen LogP contribution in [0.2, 0.25) is 0 Å². The number of hydrogen-bond acceptors (Lipinski definition) is 2. The van der Waals surface area contributed by atoms with Crippen LogP contribution < -0.4 is 5.32 Å². The van der Waals surface area contributed by atoms with Crippen LogP contribution in [-0.2, 0) is 6.42 Å². The van der Waals surface area contributed by atoms with Gasteiger partial charge < -0.3 is 5.32 Å². The molecule has 4 rings (SSSR count). The van der Waals surface area contributed by atoms with Gasteiger partial charge in [0.1, 0.15) is 0 Å². The standard InChI is InChI=1S/C27H26N2O/c1-19-12-16-22(17-13-19)26-18-24(23-10-6-7-11-25(23)29-26)27(30)28-20(2)14-15-21-8-4-3-5-9-21/h3-13,16-18,20H,14-15H2,1-2H3,(H,28,30). The van der Waals surface area contributed by atoms with Crippen molar-refractivity contribution in [1.29, 1.82) is 0 Å². The summed E-state index contributed by atoms with van der Waals surface area (Å²) in [7, 11) is 0. The van der Waals surface area contributed by atoms with Gasteiger partial charge in [-0.05, 0) is 44.4 Å². The third-order valence-electron chi connectivity index (χ3n) is 5.39. The maximum Gasteiger partial charge on any atom is 0.252 e. The maximum absolute atomic E-state index is 13.2. The molecule has 0 aliphatic heterocycles. The SMILES string of the molecule is Cc1ccc(-c2cc(C(=O)NC(C)CCc3ccccc3)c3ccccc3n2)cc1. The molecule has 1 N–H and O–H groups in total. The van der Waals surface area contributed by atoms with Gasteiger partial charge in [0.25, 0.3) is 5.91 Å². The predicted octanol–water partition coefficient (Wildman–Crippen LogP) is 5.96. The van der Waals surface area contributed by atoms with Crippen LogP contribution in [0.3, 0.4) is 0 Å². The summed E-state index contributed by atoms with van der Waals surface area (Å²) >= 11 is 0. The summed E-state index contributed by atoms with van der Waals surface area (Å²) in [5.74, 6) is -0.0532. The lowest BCUT2D eigenvalue weighted by molar-refractivity contribution is 0.0940. The number of fused-ring (bicyclic) bond motifs is 1. The van der Waals surface area contributed by atoms with Crippen molar-refractivity contribution in [2.75, 3.05) is 0 Å². The largest absolute Gasteiger partial charge is 0.350 e. The van der Waals surface area contributed by atoms with Crippen molar-refractivity contribution in [2.45, 2.75) is 32.7 Å². The summed E-state index contributed by atoms with van der Waals surface area (Å²) in [5.41, 5.74) is 5.81. The molecule has 1 heterocycles. The third kappa shape index (κ3) is 4.57. The monoisotopic (exact) mass is 394 g/mol. The molecule has 0 fully saturated rings. The highest BCUT2D eigenvalue weighted by molar-refractivity contribution is 6.07. The van der Waals surface area contributed by atoms with E-state index in [2.05, 4.69) is 55.6 Å². The number of carbonyl (C=O) groups excluding carboxylic acids is 1. The Morgan fingerprint density at radius 1 is 0.933 bits per heavy atom. The second kappa shape index (κ2) is 8.91. The van der Waals surface area contributed by atoms with Crippen LogP contribution in [0.1, 0.15) is 34.8 Å². The van der Waals surface area contributed by atoms with E-state index in [0.29, 0.717) is 5.56 Å². The normalized spacial score (nSPS) is 11.9. The molecule has 4 aromatic rings. The summed E-state index contributed by atoms with van der Waals surface area (Å²) in [6, 6.07) is 28.4. The van der Waals surface area contributed by atoms with Gasteiger partial charge in [-0.3, -0.25) is 4.79 Å². The van der Waals surface area contributed by atoms with E-state index in [1.54, 1.807) is 0 Å². The fourth-order valence-corrected chi connectivity index (χ4v) is 3.64. The first-order chi connectivity index (χ1) is 14.6. The summed E-state index contributed by atoms with van der Waals surface area (Å²) in [5, 5.41) is 4.06. The highest BCUT2D eigenvalue weighted by Gasteiger charge is 2.16. The zero-order valence-electron chi connectivity index (χ0n) is 17.4. The van der Waals surface area contributed by atoms with Crippen molar-refractivity contribution in [3.05, 3.63) is 102 Å². The number of pyridine rings is 1. The maximum atomic E-state index is 13.2. The summed E-state index contributed by atoms with van der Waals surface area (Å²) < 4.78 is 0. The number of nitrogens with zero attached hydrogens (tertiary/aromatic N) is 1. The molecule has 3 aromatic carbocycles.